The highest BCUT2D eigenvalue weighted by atomic mass is 35.5. The number of fused-ring (bicyclic) bond motifs is 1. The average Bonchev–Trinajstić information content (AvgIpc) is 3.19. The Bertz CT molecular complexity index is 1050. The van der Waals surface area contributed by atoms with Gasteiger partial charge in [0.1, 0.15) is 0 Å². The summed E-state index contributed by atoms with van der Waals surface area (Å²) in [7, 11) is 1.79. The summed E-state index contributed by atoms with van der Waals surface area (Å²) in [4.78, 5) is 32.3. The highest BCUT2D eigenvalue weighted by Gasteiger charge is 2.29. The molecule has 6 nitrogen and oxygen atoms in total. The van der Waals surface area contributed by atoms with Crippen LogP contribution in [-0.2, 0) is 6.54 Å². The second-order valence-electron chi connectivity index (χ2n) is 7.71. The van der Waals surface area contributed by atoms with Crippen LogP contribution >= 0.6 is 11.6 Å². The van der Waals surface area contributed by atoms with Gasteiger partial charge in [0.05, 0.1) is 12.6 Å². The van der Waals surface area contributed by atoms with E-state index in [0.717, 1.165) is 36.0 Å². The van der Waals surface area contributed by atoms with Gasteiger partial charge in [-0.1, -0.05) is 29.8 Å². The fourth-order valence-corrected chi connectivity index (χ4v) is 4.12. The molecule has 0 radical (unpaired) electrons. The standard InChI is InChI=1S/C23H25ClN4O2/c1-27(20-8-5-11-28(15-20)22(29)16-6-3-2-4-7-16)23(30)25-14-19-13-17-12-18(24)9-10-21(17)26-19/h2-4,6-7,9-10,12-13,20,26H,5,8,11,14-15H2,1H3,(H,25,30). The highest BCUT2D eigenvalue weighted by molar-refractivity contribution is 6.31. The molecule has 2 aromatic carbocycles. The summed E-state index contributed by atoms with van der Waals surface area (Å²) in [5.74, 6) is 0.0193. The summed E-state index contributed by atoms with van der Waals surface area (Å²) in [6.07, 6.45) is 1.76. The molecule has 3 aromatic rings. The van der Waals surface area contributed by atoms with Crippen LogP contribution in [0.2, 0.25) is 5.02 Å². The van der Waals surface area contributed by atoms with Crippen molar-refractivity contribution < 1.29 is 9.59 Å². The summed E-state index contributed by atoms with van der Waals surface area (Å²) in [6, 6.07) is 16.8. The Labute approximate surface area is 180 Å². The van der Waals surface area contributed by atoms with E-state index < -0.39 is 0 Å². The molecule has 1 fully saturated rings. The van der Waals surface area contributed by atoms with E-state index in [4.69, 9.17) is 11.6 Å². The number of H-pyrrole nitrogens is 1. The highest BCUT2D eigenvalue weighted by Crippen LogP contribution is 2.20. The smallest absolute Gasteiger partial charge is 0.317 e. The molecule has 0 saturated carbocycles. The molecule has 2 heterocycles. The zero-order valence-corrected chi connectivity index (χ0v) is 17.7. The number of halogens is 1. The van der Waals surface area contributed by atoms with Gasteiger partial charge in [0.25, 0.3) is 5.91 Å². The normalized spacial score (nSPS) is 16.5. The number of nitrogens with zero attached hydrogens (tertiary/aromatic N) is 2. The molecule has 1 aliphatic heterocycles. The molecule has 156 valence electrons. The minimum Gasteiger partial charge on any atom is -0.357 e. The topological polar surface area (TPSA) is 68.4 Å². The number of aromatic nitrogens is 1. The van der Waals surface area contributed by atoms with Gasteiger partial charge in [0.2, 0.25) is 0 Å². The van der Waals surface area contributed by atoms with Gasteiger partial charge in [0, 0.05) is 47.3 Å². The van der Waals surface area contributed by atoms with Gasteiger partial charge in [-0.3, -0.25) is 4.79 Å². The van der Waals surface area contributed by atoms with Gasteiger partial charge in [0.15, 0.2) is 0 Å². The number of piperidine rings is 1. The molecule has 1 unspecified atom stereocenters. The minimum absolute atomic E-state index is 0.00654. The van der Waals surface area contributed by atoms with E-state index in [0.29, 0.717) is 23.7 Å². The van der Waals surface area contributed by atoms with Crippen LogP contribution in [0, 0.1) is 0 Å². The summed E-state index contributed by atoms with van der Waals surface area (Å²) >= 11 is 6.04. The van der Waals surface area contributed by atoms with Crippen molar-refractivity contribution in [2.24, 2.45) is 0 Å². The Kier molecular flexibility index (Phi) is 5.95. The fraction of sp³-hybridized carbons (Fsp3) is 0.304. The molecular formula is C23H25ClN4O2. The number of rotatable bonds is 4. The molecule has 0 bridgehead atoms. The van der Waals surface area contributed by atoms with Crippen molar-refractivity contribution in [3.8, 4) is 0 Å². The number of carbonyl (C=O) groups is 2. The molecule has 1 saturated heterocycles. The lowest BCUT2D eigenvalue weighted by molar-refractivity contribution is 0.0636. The summed E-state index contributed by atoms with van der Waals surface area (Å²) in [6.45, 7) is 1.66. The van der Waals surface area contributed by atoms with Crippen LogP contribution in [0.5, 0.6) is 0 Å². The summed E-state index contributed by atoms with van der Waals surface area (Å²) < 4.78 is 0. The predicted molar refractivity (Wildman–Crippen MR) is 119 cm³/mol. The number of likely N-dealkylation sites (N-methyl/N-ethyl adjacent to an activating group) is 1. The average molecular weight is 425 g/mol. The Morgan fingerprint density at radius 1 is 1.20 bits per heavy atom. The van der Waals surface area contributed by atoms with Crippen LogP contribution in [0.1, 0.15) is 28.9 Å². The SMILES string of the molecule is CN(C(=O)NCc1cc2cc(Cl)ccc2[nH]1)C1CCCN(C(=O)c2ccccc2)C1. The molecule has 2 N–H and O–H groups in total. The first-order valence-corrected chi connectivity index (χ1v) is 10.5. The number of nitrogens with one attached hydrogen (secondary N) is 2. The predicted octanol–water partition coefficient (Wildman–Crippen LogP) is 4.27. The van der Waals surface area contributed by atoms with Crippen molar-refractivity contribution in [1.29, 1.82) is 0 Å². The second-order valence-corrected chi connectivity index (χ2v) is 8.15. The number of urea groups is 1. The summed E-state index contributed by atoms with van der Waals surface area (Å²) in [5, 5.41) is 4.67. The first-order valence-electron chi connectivity index (χ1n) is 10.1. The van der Waals surface area contributed by atoms with Gasteiger partial charge >= 0.3 is 6.03 Å². The van der Waals surface area contributed by atoms with Gasteiger partial charge in [-0.15, -0.1) is 0 Å². The van der Waals surface area contributed by atoms with Crippen LogP contribution in [0.3, 0.4) is 0 Å². The Hall–Kier alpha value is -2.99. The van der Waals surface area contributed by atoms with Crippen LogP contribution in [0.15, 0.2) is 54.6 Å². The Morgan fingerprint density at radius 2 is 2.00 bits per heavy atom. The molecule has 0 aliphatic carbocycles. The van der Waals surface area contributed by atoms with E-state index in [-0.39, 0.29) is 18.0 Å². The largest absolute Gasteiger partial charge is 0.357 e. The lowest BCUT2D eigenvalue weighted by Gasteiger charge is -2.37. The molecule has 0 spiro atoms. The zero-order valence-electron chi connectivity index (χ0n) is 16.9. The third-order valence-electron chi connectivity index (χ3n) is 5.64. The van der Waals surface area contributed by atoms with Crippen molar-refractivity contribution in [2.75, 3.05) is 20.1 Å². The van der Waals surface area contributed by atoms with E-state index in [1.807, 2.05) is 59.5 Å². The van der Waals surface area contributed by atoms with E-state index in [2.05, 4.69) is 10.3 Å². The van der Waals surface area contributed by atoms with Crippen LogP contribution in [0.25, 0.3) is 10.9 Å². The van der Waals surface area contributed by atoms with Crippen molar-refractivity contribution >= 4 is 34.4 Å². The number of carbonyl (C=O) groups excluding carboxylic acids is 2. The molecule has 4 rings (SSSR count). The molecule has 7 heteroatoms. The molecule has 3 amide bonds. The van der Waals surface area contributed by atoms with Gasteiger partial charge in [-0.25, -0.2) is 4.79 Å². The Morgan fingerprint density at radius 3 is 2.80 bits per heavy atom. The quantitative estimate of drug-likeness (QED) is 0.656. The van der Waals surface area contributed by atoms with Crippen LogP contribution in [0.4, 0.5) is 4.79 Å². The van der Waals surface area contributed by atoms with E-state index >= 15 is 0 Å². The van der Waals surface area contributed by atoms with Crippen molar-refractivity contribution in [3.63, 3.8) is 0 Å². The molecule has 1 aromatic heterocycles. The molecule has 1 aliphatic rings. The lowest BCUT2D eigenvalue weighted by atomic mass is 10.0. The number of aromatic amines is 1. The van der Waals surface area contributed by atoms with E-state index in [1.54, 1.807) is 11.9 Å². The number of benzene rings is 2. The number of likely N-dealkylation sites (tertiary alicyclic amines) is 1. The molecular weight excluding hydrogens is 400 g/mol. The minimum atomic E-state index is -0.148. The van der Waals surface area contributed by atoms with Crippen molar-refractivity contribution in [2.45, 2.75) is 25.4 Å². The lowest BCUT2D eigenvalue weighted by Crippen LogP contribution is -2.52. The third kappa shape index (κ3) is 4.44. The fourth-order valence-electron chi connectivity index (χ4n) is 3.94. The molecule has 1 atom stereocenters. The first kappa shape index (κ1) is 20.3. The van der Waals surface area contributed by atoms with Crippen molar-refractivity contribution in [3.05, 3.63) is 70.9 Å². The van der Waals surface area contributed by atoms with E-state index in [1.165, 1.54) is 0 Å². The second kappa shape index (κ2) is 8.79. The molecule has 30 heavy (non-hydrogen) atoms. The van der Waals surface area contributed by atoms with Gasteiger partial charge in [-0.05, 0) is 49.2 Å². The van der Waals surface area contributed by atoms with Gasteiger partial charge in [-0.2, -0.15) is 0 Å². The summed E-state index contributed by atoms with van der Waals surface area (Å²) in [5.41, 5.74) is 2.59. The van der Waals surface area contributed by atoms with Crippen LogP contribution in [-0.4, -0.2) is 52.9 Å². The monoisotopic (exact) mass is 424 g/mol. The maximum atomic E-state index is 12.8. The van der Waals surface area contributed by atoms with Gasteiger partial charge < -0.3 is 20.1 Å². The maximum Gasteiger partial charge on any atom is 0.317 e. The Balaban J connectivity index is 1.35. The first-order chi connectivity index (χ1) is 14.5. The number of amides is 3. The van der Waals surface area contributed by atoms with Crippen molar-refractivity contribution in [1.82, 2.24) is 20.1 Å². The number of hydrogen-bond acceptors (Lipinski definition) is 2. The zero-order chi connectivity index (χ0) is 21.1. The third-order valence-corrected chi connectivity index (χ3v) is 5.88. The maximum absolute atomic E-state index is 12.8. The van der Waals surface area contributed by atoms with Crippen LogP contribution < -0.4 is 5.32 Å². The number of hydrogen-bond donors (Lipinski definition) is 2. The van der Waals surface area contributed by atoms with E-state index in [9.17, 15) is 9.59 Å².